The summed E-state index contributed by atoms with van der Waals surface area (Å²) in [5.74, 6) is 0. The van der Waals surface area contributed by atoms with Gasteiger partial charge < -0.3 is 14.3 Å². The standard InChI is InChI=1S/C42H27N3O/c43-26-28-13-4-5-14-32(28)29-21-30(38-18-10-17-37(44-38)27-11-2-1-3-12-27)23-31(22-29)45-39-19-8-6-15-33(39)35-25-42-36(24-40(35)45)34-16-7-9-20-41(34)46-42/h1-25,38,44H. The van der Waals surface area contributed by atoms with Crippen molar-refractivity contribution in [2.24, 2.45) is 0 Å². The molecule has 8 aromatic rings. The number of allylic oxidation sites excluding steroid dienone is 2. The van der Waals surface area contributed by atoms with Crippen molar-refractivity contribution < 1.29 is 4.42 Å². The minimum atomic E-state index is -0.0641. The highest BCUT2D eigenvalue weighted by Crippen LogP contribution is 2.40. The lowest BCUT2D eigenvalue weighted by Gasteiger charge is -2.24. The number of benzene rings is 6. The van der Waals surface area contributed by atoms with Crippen LogP contribution >= 0.6 is 0 Å². The van der Waals surface area contributed by atoms with Crippen LogP contribution in [-0.2, 0) is 0 Å². The van der Waals surface area contributed by atoms with E-state index in [9.17, 15) is 5.26 Å². The molecular formula is C42H27N3O. The number of nitriles is 1. The summed E-state index contributed by atoms with van der Waals surface area (Å²) < 4.78 is 8.67. The van der Waals surface area contributed by atoms with E-state index in [2.05, 4.69) is 125 Å². The van der Waals surface area contributed by atoms with Gasteiger partial charge >= 0.3 is 0 Å². The average Bonchev–Trinajstić information content (AvgIpc) is 3.65. The molecule has 216 valence electrons. The van der Waals surface area contributed by atoms with Crippen LogP contribution < -0.4 is 5.32 Å². The third-order valence-electron chi connectivity index (χ3n) is 9.05. The van der Waals surface area contributed by atoms with E-state index >= 15 is 0 Å². The molecule has 2 aromatic heterocycles. The third kappa shape index (κ3) is 4.14. The van der Waals surface area contributed by atoms with Gasteiger partial charge in [-0.25, -0.2) is 0 Å². The molecule has 6 aromatic carbocycles. The van der Waals surface area contributed by atoms with E-state index in [0.717, 1.165) is 77.4 Å². The van der Waals surface area contributed by atoms with Gasteiger partial charge in [0.2, 0.25) is 0 Å². The van der Waals surface area contributed by atoms with Crippen LogP contribution in [0.15, 0.2) is 156 Å². The van der Waals surface area contributed by atoms with Crippen molar-refractivity contribution in [1.82, 2.24) is 9.88 Å². The molecule has 1 aliphatic heterocycles. The maximum absolute atomic E-state index is 10.1. The zero-order valence-electron chi connectivity index (χ0n) is 24.8. The van der Waals surface area contributed by atoms with Gasteiger partial charge in [-0.3, -0.25) is 0 Å². The fourth-order valence-corrected chi connectivity index (χ4v) is 6.91. The van der Waals surface area contributed by atoms with Crippen LogP contribution in [-0.4, -0.2) is 4.57 Å². The number of hydrogen-bond donors (Lipinski definition) is 1. The molecule has 3 heterocycles. The van der Waals surface area contributed by atoms with Crippen LogP contribution in [0.25, 0.3) is 66.3 Å². The molecule has 0 saturated carbocycles. The van der Waals surface area contributed by atoms with E-state index in [-0.39, 0.29) is 6.04 Å². The summed E-state index contributed by atoms with van der Waals surface area (Å²) in [5, 5.41) is 18.3. The smallest absolute Gasteiger partial charge is 0.136 e. The van der Waals surface area contributed by atoms with Crippen LogP contribution in [0, 0.1) is 11.3 Å². The first-order valence-corrected chi connectivity index (χ1v) is 15.4. The van der Waals surface area contributed by atoms with Crippen molar-refractivity contribution in [3.05, 3.63) is 168 Å². The first kappa shape index (κ1) is 26.1. The summed E-state index contributed by atoms with van der Waals surface area (Å²) in [7, 11) is 0. The SMILES string of the molecule is N#Cc1ccccc1-c1cc(C2C=CC=C(c3ccccc3)N2)cc(-n2c3ccccc3c3cc4oc5ccccc5c4cc32)c1. The number of aromatic nitrogens is 1. The molecule has 4 nitrogen and oxygen atoms in total. The largest absolute Gasteiger partial charge is 0.456 e. The molecule has 1 unspecified atom stereocenters. The summed E-state index contributed by atoms with van der Waals surface area (Å²) in [5.41, 5.74) is 10.9. The minimum absolute atomic E-state index is 0.0641. The molecule has 0 bridgehead atoms. The van der Waals surface area contributed by atoms with Crippen molar-refractivity contribution in [1.29, 1.82) is 5.26 Å². The summed E-state index contributed by atoms with van der Waals surface area (Å²) in [6.45, 7) is 0. The predicted octanol–water partition coefficient (Wildman–Crippen LogP) is 10.5. The molecule has 0 amide bonds. The molecule has 1 N–H and O–H groups in total. The molecule has 0 radical (unpaired) electrons. The van der Waals surface area contributed by atoms with Crippen LogP contribution in [0.1, 0.15) is 22.7 Å². The second-order valence-electron chi connectivity index (χ2n) is 11.7. The lowest BCUT2D eigenvalue weighted by molar-refractivity contribution is 0.669. The van der Waals surface area contributed by atoms with E-state index in [1.165, 1.54) is 0 Å². The molecule has 46 heavy (non-hydrogen) atoms. The van der Waals surface area contributed by atoms with Gasteiger partial charge in [-0.2, -0.15) is 5.26 Å². The minimum Gasteiger partial charge on any atom is -0.456 e. The van der Waals surface area contributed by atoms with Gasteiger partial charge in [0.15, 0.2) is 0 Å². The Morgan fingerprint density at radius 1 is 0.630 bits per heavy atom. The van der Waals surface area contributed by atoms with E-state index in [1.54, 1.807) is 0 Å². The third-order valence-corrected chi connectivity index (χ3v) is 9.05. The fourth-order valence-electron chi connectivity index (χ4n) is 6.91. The monoisotopic (exact) mass is 589 g/mol. The van der Waals surface area contributed by atoms with E-state index in [1.807, 2.05) is 42.5 Å². The lowest BCUT2D eigenvalue weighted by Crippen LogP contribution is -2.20. The Hall–Kier alpha value is -6.31. The predicted molar refractivity (Wildman–Crippen MR) is 188 cm³/mol. The Kier molecular flexibility index (Phi) is 5.91. The Bertz CT molecular complexity index is 2580. The number of para-hydroxylation sites is 2. The van der Waals surface area contributed by atoms with Gasteiger partial charge in [0.25, 0.3) is 0 Å². The summed E-state index contributed by atoms with van der Waals surface area (Å²) >= 11 is 0. The Morgan fingerprint density at radius 2 is 1.41 bits per heavy atom. The number of rotatable bonds is 4. The molecule has 0 aliphatic carbocycles. The Labute approximate surface area is 265 Å². The van der Waals surface area contributed by atoms with Gasteiger partial charge in [0.1, 0.15) is 11.2 Å². The van der Waals surface area contributed by atoms with Crippen LogP contribution in [0.5, 0.6) is 0 Å². The zero-order chi connectivity index (χ0) is 30.6. The number of nitrogens with zero attached hydrogens (tertiary/aromatic N) is 2. The fraction of sp³-hybridized carbons (Fsp3) is 0.0238. The first-order valence-electron chi connectivity index (χ1n) is 15.4. The van der Waals surface area contributed by atoms with Crippen molar-refractivity contribution in [2.45, 2.75) is 6.04 Å². The normalized spacial score (nSPS) is 14.5. The Morgan fingerprint density at radius 3 is 2.30 bits per heavy atom. The van der Waals surface area contributed by atoms with E-state index in [0.29, 0.717) is 5.56 Å². The average molecular weight is 590 g/mol. The number of fused-ring (bicyclic) bond motifs is 6. The second kappa shape index (κ2) is 10.4. The first-order chi connectivity index (χ1) is 22.7. The summed E-state index contributed by atoms with van der Waals surface area (Å²) in [6.07, 6.45) is 6.44. The molecule has 4 heteroatoms. The van der Waals surface area contributed by atoms with Crippen molar-refractivity contribution in [2.75, 3.05) is 0 Å². The number of hydrogen-bond acceptors (Lipinski definition) is 3. The topological polar surface area (TPSA) is 53.9 Å². The van der Waals surface area contributed by atoms with Crippen LogP contribution in [0.3, 0.4) is 0 Å². The maximum atomic E-state index is 10.1. The molecule has 1 aliphatic rings. The van der Waals surface area contributed by atoms with Gasteiger partial charge in [0, 0.05) is 32.9 Å². The molecule has 0 fully saturated rings. The van der Waals surface area contributed by atoms with E-state index < -0.39 is 0 Å². The highest BCUT2D eigenvalue weighted by Gasteiger charge is 2.20. The Balaban J connectivity index is 1.30. The quantitative estimate of drug-likeness (QED) is 0.222. The number of furan rings is 1. The lowest BCUT2D eigenvalue weighted by atomic mass is 9.94. The maximum Gasteiger partial charge on any atom is 0.136 e. The van der Waals surface area contributed by atoms with Gasteiger partial charge in [-0.05, 0) is 76.9 Å². The van der Waals surface area contributed by atoms with Gasteiger partial charge in [-0.15, -0.1) is 0 Å². The number of nitrogens with one attached hydrogen (secondary N) is 1. The number of dihydropyridines is 1. The molecule has 0 spiro atoms. The zero-order valence-corrected chi connectivity index (χ0v) is 24.8. The summed E-state index contributed by atoms with van der Waals surface area (Å²) in [6, 6.07) is 48.5. The highest BCUT2D eigenvalue weighted by atomic mass is 16.3. The summed E-state index contributed by atoms with van der Waals surface area (Å²) in [4.78, 5) is 0. The van der Waals surface area contributed by atoms with Crippen LogP contribution in [0.4, 0.5) is 0 Å². The second-order valence-corrected chi connectivity index (χ2v) is 11.7. The van der Waals surface area contributed by atoms with Crippen LogP contribution in [0.2, 0.25) is 0 Å². The van der Waals surface area contributed by atoms with Crippen molar-refractivity contribution in [3.8, 4) is 22.9 Å². The molecule has 9 rings (SSSR count). The van der Waals surface area contributed by atoms with Crippen molar-refractivity contribution in [3.63, 3.8) is 0 Å². The van der Waals surface area contributed by atoms with Gasteiger partial charge in [0.05, 0.1) is 28.7 Å². The molecular weight excluding hydrogens is 562 g/mol. The van der Waals surface area contributed by atoms with Crippen molar-refractivity contribution >= 4 is 49.4 Å². The highest BCUT2D eigenvalue weighted by molar-refractivity contribution is 6.17. The van der Waals surface area contributed by atoms with E-state index in [4.69, 9.17) is 4.42 Å². The molecule has 0 saturated heterocycles. The van der Waals surface area contributed by atoms with Gasteiger partial charge in [-0.1, -0.05) is 97.1 Å². The molecule has 1 atom stereocenters.